The topological polar surface area (TPSA) is 38.3 Å². The third kappa shape index (κ3) is 4.75. The second-order valence-electron chi connectivity index (χ2n) is 5.36. The van der Waals surface area contributed by atoms with Crippen LogP contribution in [0.2, 0.25) is 10.0 Å². The summed E-state index contributed by atoms with van der Waals surface area (Å²) >= 11 is 13.9. The number of nitrogens with one attached hydrogen (secondary N) is 1. The highest BCUT2D eigenvalue weighted by molar-refractivity contribution is 7.08. The van der Waals surface area contributed by atoms with Gasteiger partial charge in [0.25, 0.3) is 0 Å². The number of anilines is 2. The van der Waals surface area contributed by atoms with Gasteiger partial charge in [0.2, 0.25) is 0 Å². The normalized spacial score (nSPS) is 10.5. The van der Waals surface area contributed by atoms with Gasteiger partial charge in [0.15, 0.2) is 0 Å². The summed E-state index contributed by atoms with van der Waals surface area (Å²) < 4.78 is 5.34. The number of carbonyl (C=O) groups excluding carboxylic acids is 1. The van der Waals surface area contributed by atoms with Crippen molar-refractivity contribution in [3.05, 3.63) is 80.5 Å². The lowest BCUT2D eigenvalue weighted by Gasteiger charge is -2.11. The van der Waals surface area contributed by atoms with E-state index in [0.29, 0.717) is 15.7 Å². The van der Waals surface area contributed by atoms with Crippen molar-refractivity contribution in [1.29, 1.82) is 0 Å². The molecule has 0 saturated carbocycles. The van der Waals surface area contributed by atoms with Gasteiger partial charge in [-0.3, -0.25) is 4.79 Å². The van der Waals surface area contributed by atoms with Crippen LogP contribution >= 0.6 is 34.5 Å². The maximum atomic E-state index is 12.1. The predicted octanol–water partition coefficient (Wildman–Crippen LogP) is 6.08. The van der Waals surface area contributed by atoms with E-state index in [-0.39, 0.29) is 19.0 Å². The van der Waals surface area contributed by atoms with Gasteiger partial charge in [-0.25, -0.2) is 0 Å². The van der Waals surface area contributed by atoms with Gasteiger partial charge >= 0.3 is 5.97 Å². The van der Waals surface area contributed by atoms with Crippen molar-refractivity contribution in [3.63, 3.8) is 0 Å². The van der Waals surface area contributed by atoms with Crippen molar-refractivity contribution in [2.75, 3.05) is 5.32 Å². The third-order valence-electron chi connectivity index (χ3n) is 3.54. The van der Waals surface area contributed by atoms with Crippen molar-refractivity contribution in [2.24, 2.45) is 0 Å². The Labute approximate surface area is 160 Å². The monoisotopic (exact) mass is 391 g/mol. The zero-order valence-corrected chi connectivity index (χ0v) is 15.5. The summed E-state index contributed by atoms with van der Waals surface area (Å²) in [6.07, 6.45) is 0.181. The molecule has 0 amide bonds. The molecule has 1 N–H and O–H groups in total. The van der Waals surface area contributed by atoms with Crippen LogP contribution in [0.25, 0.3) is 0 Å². The minimum Gasteiger partial charge on any atom is -0.461 e. The Kier molecular flexibility index (Phi) is 5.97. The zero-order valence-electron chi connectivity index (χ0n) is 13.2. The van der Waals surface area contributed by atoms with Gasteiger partial charge in [0, 0.05) is 5.38 Å². The molecule has 0 aliphatic heterocycles. The summed E-state index contributed by atoms with van der Waals surface area (Å²) in [7, 11) is 0. The molecular formula is C19H15Cl2NO2S. The van der Waals surface area contributed by atoms with E-state index in [0.717, 1.165) is 16.8 Å². The van der Waals surface area contributed by atoms with Crippen molar-refractivity contribution < 1.29 is 9.53 Å². The summed E-state index contributed by atoms with van der Waals surface area (Å²) in [5, 5.41) is 8.09. The van der Waals surface area contributed by atoms with Gasteiger partial charge in [-0.05, 0) is 28.6 Å². The van der Waals surface area contributed by atoms with Crippen LogP contribution in [-0.4, -0.2) is 5.97 Å². The lowest BCUT2D eigenvalue weighted by molar-refractivity contribution is -0.144. The quantitative estimate of drug-likeness (QED) is 0.517. The molecule has 0 radical (unpaired) electrons. The lowest BCUT2D eigenvalue weighted by Crippen LogP contribution is -2.08. The highest BCUT2D eigenvalue weighted by Crippen LogP contribution is 2.34. The molecule has 1 aromatic heterocycles. The fourth-order valence-electron chi connectivity index (χ4n) is 2.27. The molecule has 128 valence electrons. The average molecular weight is 392 g/mol. The van der Waals surface area contributed by atoms with Crippen LogP contribution in [0.5, 0.6) is 0 Å². The van der Waals surface area contributed by atoms with E-state index >= 15 is 0 Å². The maximum absolute atomic E-state index is 12.1. The number of halogens is 2. The second kappa shape index (κ2) is 8.39. The zero-order chi connectivity index (χ0) is 17.6. The first-order valence-electron chi connectivity index (χ1n) is 7.59. The number of thiophene rings is 1. The van der Waals surface area contributed by atoms with Crippen LogP contribution in [0.4, 0.5) is 11.4 Å². The molecule has 0 spiro atoms. The SMILES string of the molecule is O=C(Cc1cscc1Nc1c(Cl)cccc1Cl)OCc1ccccc1. The Balaban J connectivity index is 1.64. The summed E-state index contributed by atoms with van der Waals surface area (Å²) in [6, 6.07) is 14.9. The van der Waals surface area contributed by atoms with E-state index < -0.39 is 0 Å². The molecule has 6 heteroatoms. The van der Waals surface area contributed by atoms with Crippen molar-refractivity contribution in [3.8, 4) is 0 Å². The van der Waals surface area contributed by atoms with Crippen molar-refractivity contribution in [2.45, 2.75) is 13.0 Å². The number of ether oxygens (including phenoxy) is 1. The Morgan fingerprint density at radius 2 is 1.72 bits per heavy atom. The first kappa shape index (κ1) is 17.8. The molecule has 25 heavy (non-hydrogen) atoms. The van der Waals surface area contributed by atoms with E-state index in [1.807, 2.05) is 41.1 Å². The average Bonchev–Trinajstić information content (AvgIpc) is 3.04. The Bertz CT molecular complexity index is 845. The molecule has 1 heterocycles. The fourth-order valence-corrected chi connectivity index (χ4v) is 3.55. The fraction of sp³-hybridized carbons (Fsp3) is 0.105. The molecule has 0 fully saturated rings. The molecule has 3 aromatic rings. The number of hydrogen-bond donors (Lipinski definition) is 1. The van der Waals surface area contributed by atoms with Gasteiger partial charge in [-0.15, -0.1) is 11.3 Å². The molecule has 0 aliphatic carbocycles. The van der Waals surface area contributed by atoms with E-state index in [1.165, 1.54) is 11.3 Å². The summed E-state index contributed by atoms with van der Waals surface area (Å²) in [5.41, 5.74) is 3.24. The molecule has 3 nitrogen and oxygen atoms in total. The van der Waals surface area contributed by atoms with E-state index in [1.54, 1.807) is 18.2 Å². The highest BCUT2D eigenvalue weighted by Gasteiger charge is 2.13. The molecule has 0 bridgehead atoms. The minimum absolute atomic E-state index is 0.181. The summed E-state index contributed by atoms with van der Waals surface area (Å²) in [6.45, 7) is 0.267. The van der Waals surface area contributed by atoms with E-state index in [4.69, 9.17) is 27.9 Å². The van der Waals surface area contributed by atoms with Gasteiger partial charge < -0.3 is 10.1 Å². The second-order valence-corrected chi connectivity index (χ2v) is 6.91. The number of hydrogen-bond acceptors (Lipinski definition) is 4. The van der Waals surface area contributed by atoms with Gasteiger partial charge in [0.05, 0.1) is 27.8 Å². The number of rotatable bonds is 6. The molecule has 0 saturated heterocycles. The molecule has 0 aliphatic rings. The Hall–Kier alpha value is -2.01. The van der Waals surface area contributed by atoms with Gasteiger partial charge in [-0.1, -0.05) is 59.6 Å². The molecule has 2 aromatic carbocycles. The van der Waals surface area contributed by atoms with Crippen LogP contribution in [0.3, 0.4) is 0 Å². The predicted molar refractivity (Wildman–Crippen MR) is 104 cm³/mol. The Morgan fingerprint density at radius 3 is 2.44 bits per heavy atom. The summed E-state index contributed by atoms with van der Waals surface area (Å²) in [4.78, 5) is 12.1. The van der Waals surface area contributed by atoms with Crippen LogP contribution in [0.15, 0.2) is 59.3 Å². The van der Waals surface area contributed by atoms with E-state index in [2.05, 4.69) is 5.32 Å². The first-order chi connectivity index (χ1) is 12.1. The van der Waals surface area contributed by atoms with Crippen molar-refractivity contribution >= 4 is 51.9 Å². The van der Waals surface area contributed by atoms with Gasteiger partial charge in [-0.2, -0.15) is 0 Å². The molecule has 0 unspecified atom stereocenters. The number of para-hydroxylation sites is 1. The standard InChI is InChI=1S/C19H15Cl2NO2S/c20-15-7-4-8-16(21)19(15)22-17-12-25-11-14(17)9-18(23)24-10-13-5-2-1-3-6-13/h1-8,11-12,22H,9-10H2. The summed E-state index contributed by atoms with van der Waals surface area (Å²) in [5.74, 6) is -0.282. The maximum Gasteiger partial charge on any atom is 0.310 e. The van der Waals surface area contributed by atoms with Crippen LogP contribution < -0.4 is 5.32 Å². The molecule has 0 atom stereocenters. The lowest BCUT2D eigenvalue weighted by atomic mass is 10.2. The van der Waals surface area contributed by atoms with Crippen LogP contribution in [-0.2, 0) is 22.6 Å². The van der Waals surface area contributed by atoms with E-state index in [9.17, 15) is 4.79 Å². The molecule has 3 rings (SSSR count). The van der Waals surface area contributed by atoms with Crippen molar-refractivity contribution in [1.82, 2.24) is 0 Å². The van der Waals surface area contributed by atoms with Crippen LogP contribution in [0, 0.1) is 0 Å². The first-order valence-corrected chi connectivity index (χ1v) is 9.29. The smallest absolute Gasteiger partial charge is 0.310 e. The highest BCUT2D eigenvalue weighted by atomic mass is 35.5. The Morgan fingerprint density at radius 1 is 1.00 bits per heavy atom. The number of carbonyl (C=O) groups is 1. The molecular weight excluding hydrogens is 377 g/mol. The number of benzene rings is 2. The van der Waals surface area contributed by atoms with Crippen LogP contribution in [0.1, 0.15) is 11.1 Å². The largest absolute Gasteiger partial charge is 0.461 e. The minimum atomic E-state index is -0.282. The van der Waals surface area contributed by atoms with Gasteiger partial charge in [0.1, 0.15) is 6.61 Å². The number of esters is 1. The third-order valence-corrected chi connectivity index (χ3v) is 4.96.